The zero-order valence-corrected chi connectivity index (χ0v) is 12.2. The highest BCUT2D eigenvalue weighted by atomic mass is 32.1. The van der Waals surface area contributed by atoms with E-state index in [1.807, 2.05) is 6.20 Å². The molecule has 0 amide bonds. The largest absolute Gasteiger partial charge is 0.390 e. The van der Waals surface area contributed by atoms with Crippen LogP contribution in [0.2, 0.25) is 0 Å². The molecular weight excluding hydrogens is 260 g/mol. The number of rotatable bonds is 4. The van der Waals surface area contributed by atoms with Crippen LogP contribution in [-0.2, 0) is 18.6 Å². The smallest absolute Gasteiger partial charge is 0.145 e. The Bertz CT molecular complexity index is 548. The van der Waals surface area contributed by atoms with Crippen molar-refractivity contribution in [1.82, 2.24) is 15.0 Å². The van der Waals surface area contributed by atoms with Crippen LogP contribution in [-0.4, -0.2) is 20.1 Å². The summed E-state index contributed by atoms with van der Waals surface area (Å²) in [4.78, 5) is 13.8. The van der Waals surface area contributed by atoms with Crippen molar-refractivity contribution in [1.29, 1.82) is 0 Å². The maximum absolute atomic E-state index is 9.00. The van der Waals surface area contributed by atoms with E-state index >= 15 is 0 Å². The van der Waals surface area contributed by atoms with Crippen LogP contribution in [0, 0.1) is 0 Å². The van der Waals surface area contributed by atoms with Gasteiger partial charge in [0.1, 0.15) is 5.82 Å². The Labute approximate surface area is 116 Å². The number of nitrogens with zero attached hydrogens (tertiary/aromatic N) is 3. The molecule has 2 heterocycles. The van der Waals surface area contributed by atoms with Gasteiger partial charge in [-0.2, -0.15) is 0 Å². The molecule has 0 aromatic carbocycles. The van der Waals surface area contributed by atoms with Crippen LogP contribution in [0.15, 0.2) is 18.6 Å². The SMILES string of the molecule is CC(C)(C)c1ncc(CNc2cncc(CO)n2)s1. The summed E-state index contributed by atoms with van der Waals surface area (Å²) in [6.45, 7) is 7.02. The standard InChI is InChI=1S/C13H18N4OS/c1-13(2,3)12-16-6-10(19-12)5-15-11-7-14-4-9(8-18)17-11/h4,6-7,18H,5,8H2,1-3H3,(H,15,17). The maximum atomic E-state index is 9.00. The van der Waals surface area contributed by atoms with Crippen molar-refractivity contribution in [2.45, 2.75) is 39.3 Å². The Hall–Kier alpha value is -1.53. The first-order valence-corrected chi connectivity index (χ1v) is 6.91. The number of hydrogen-bond acceptors (Lipinski definition) is 6. The molecule has 6 heteroatoms. The number of anilines is 1. The van der Waals surface area contributed by atoms with Gasteiger partial charge in [0.2, 0.25) is 0 Å². The summed E-state index contributed by atoms with van der Waals surface area (Å²) in [6, 6.07) is 0. The molecule has 0 radical (unpaired) electrons. The van der Waals surface area contributed by atoms with Gasteiger partial charge in [-0.15, -0.1) is 11.3 Å². The van der Waals surface area contributed by atoms with Crippen molar-refractivity contribution in [2.24, 2.45) is 0 Å². The molecule has 0 aliphatic rings. The van der Waals surface area contributed by atoms with Crippen molar-refractivity contribution in [2.75, 3.05) is 5.32 Å². The Morgan fingerprint density at radius 2 is 2.05 bits per heavy atom. The number of nitrogens with one attached hydrogen (secondary N) is 1. The van der Waals surface area contributed by atoms with Crippen LogP contribution in [0.3, 0.4) is 0 Å². The summed E-state index contributed by atoms with van der Waals surface area (Å²) in [6.07, 6.45) is 5.09. The maximum Gasteiger partial charge on any atom is 0.145 e. The summed E-state index contributed by atoms with van der Waals surface area (Å²) in [5.74, 6) is 0.664. The number of aromatic nitrogens is 3. The van der Waals surface area contributed by atoms with E-state index in [2.05, 4.69) is 41.0 Å². The van der Waals surface area contributed by atoms with Gasteiger partial charge in [0.25, 0.3) is 0 Å². The zero-order chi connectivity index (χ0) is 13.9. The lowest BCUT2D eigenvalue weighted by Crippen LogP contribution is -2.09. The highest BCUT2D eigenvalue weighted by Gasteiger charge is 2.17. The average molecular weight is 278 g/mol. The molecule has 2 rings (SSSR count). The van der Waals surface area contributed by atoms with Crippen LogP contribution < -0.4 is 5.32 Å². The third-order valence-corrected chi connectivity index (χ3v) is 3.91. The molecule has 2 aromatic heterocycles. The van der Waals surface area contributed by atoms with E-state index in [0.29, 0.717) is 18.1 Å². The van der Waals surface area contributed by atoms with E-state index in [4.69, 9.17) is 5.11 Å². The van der Waals surface area contributed by atoms with Gasteiger partial charge in [-0.3, -0.25) is 4.98 Å². The lowest BCUT2D eigenvalue weighted by molar-refractivity contribution is 0.276. The summed E-state index contributed by atoms with van der Waals surface area (Å²) in [5, 5.41) is 13.3. The molecule has 102 valence electrons. The van der Waals surface area contributed by atoms with Crippen molar-refractivity contribution in [3.05, 3.63) is 34.2 Å². The van der Waals surface area contributed by atoms with Crippen LogP contribution in [0.1, 0.15) is 36.3 Å². The van der Waals surface area contributed by atoms with E-state index in [1.165, 1.54) is 0 Å². The average Bonchev–Trinajstić information content (AvgIpc) is 2.85. The fourth-order valence-corrected chi connectivity index (χ4v) is 2.39. The predicted molar refractivity (Wildman–Crippen MR) is 76.1 cm³/mol. The van der Waals surface area contributed by atoms with Gasteiger partial charge >= 0.3 is 0 Å². The van der Waals surface area contributed by atoms with Crippen molar-refractivity contribution in [3.63, 3.8) is 0 Å². The molecule has 0 spiro atoms. The van der Waals surface area contributed by atoms with Gasteiger partial charge in [0.15, 0.2) is 0 Å². The van der Waals surface area contributed by atoms with Gasteiger partial charge in [-0.05, 0) is 0 Å². The highest BCUT2D eigenvalue weighted by molar-refractivity contribution is 7.11. The number of thiazole rings is 1. The minimum Gasteiger partial charge on any atom is -0.390 e. The van der Waals surface area contributed by atoms with Crippen molar-refractivity contribution >= 4 is 17.2 Å². The summed E-state index contributed by atoms with van der Waals surface area (Å²) in [7, 11) is 0. The Balaban J connectivity index is 2.00. The number of hydrogen-bond donors (Lipinski definition) is 2. The Kier molecular flexibility index (Phi) is 4.11. The molecule has 2 aromatic rings. The van der Waals surface area contributed by atoms with E-state index < -0.39 is 0 Å². The topological polar surface area (TPSA) is 70.9 Å². The van der Waals surface area contributed by atoms with Gasteiger partial charge in [0, 0.05) is 16.5 Å². The fraction of sp³-hybridized carbons (Fsp3) is 0.462. The minimum atomic E-state index is -0.1000. The molecule has 0 saturated carbocycles. The quantitative estimate of drug-likeness (QED) is 0.898. The van der Waals surface area contributed by atoms with E-state index in [-0.39, 0.29) is 12.0 Å². The normalized spacial score (nSPS) is 11.6. The number of aliphatic hydroxyl groups is 1. The zero-order valence-electron chi connectivity index (χ0n) is 11.3. The van der Waals surface area contributed by atoms with Crippen molar-refractivity contribution < 1.29 is 5.11 Å². The third-order valence-electron chi connectivity index (χ3n) is 2.49. The second-order valence-electron chi connectivity index (χ2n) is 5.29. The Morgan fingerprint density at radius 3 is 2.68 bits per heavy atom. The lowest BCUT2D eigenvalue weighted by atomic mass is 9.98. The third kappa shape index (κ3) is 3.71. The fourth-order valence-electron chi connectivity index (χ4n) is 1.48. The van der Waals surface area contributed by atoms with Gasteiger partial charge in [-0.25, -0.2) is 9.97 Å². The van der Waals surface area contributed by atoms with Crippen molar-refractivity contribution in [3.8, 4) is 0 Å². The van der Waals surface area contributed by atoms with Crippen LogP contribution in [0.25, 0.3) is 0 Å². The molecule has 5 nitrogen and oxygen atoms in total. The predicted octanol–water partition coefficient (Wildman–Crippen LogP) is 2.34. The number of aliphatic hydroxyl groups excluding tert-OH is 1. The molecule has 2 N–H and O–H groups in total. The van der Waals surface area contributed by atoms with E-state index in [0.717, 1.165) is 9.88 Å². The van der Waals surface area contributed by atoms with Gasteiger partial charge < -0.3 is 10.4 Å². The molecular formula is C13H18N4OS. The van der Waals surface area contributed by atoms with Crippen LogP contribution in [0.5, 0.6) is 0 Å². The van der Waals surface area contributed by atoms with Crippen LogP contribution >= 0.6 is 11.3 Å². The Morgan fingerprint density at radius 1 is 1.26 bits per heavy atom. The molecule has 0 fully saturated rings. The van der Waals surface area contributed by atoms with Gasteiger partial charge in [-0.1, -0.05) is 20.8 Å². The molecule has 19 heavy (non-hydrogen) atoms. The van der Waals surface area contributed by atoms with E-state index in [9.17, 15) is 0 Å². The first kappa shape index (κ1) is 13.9. The highest BCUT2D eigenvalue weighted by Crippen LogP contribution is 2.26. The lowest BCUT2D eigenvalue weighted by Gasteiger charge is -2.13. The second-order valence-corrected chi connectivity index (χ2v) is 6.40. The first-order valence-electron chi connectivity index (χ1n) is 6.10. The van der Waals surface area contributed by atoms with E-state index in [1.54, 1.807) is 23.7 Å². The summed E-state index contributed by atoms with van der Waals surface area (Å²) in [5.41, 5.74) is 0.643. The molecule has 0 aliphatic heterocycles. The molecule has 0 atom stereocenters. The second kappa shape index (κ2) is 5.63. The van der Waals surface area contributed by atoms with Gasteiger partial charge in [0.05, 0.1) is 36.2 Å². The molecule has 0 unspecified atom stereocenters. The summed E-state index contributed by atoms with van der Waals surface area (Å²) >= 11 is 1.70. The first-order chi connectivity index (χ1) is 8.99. The molecule has 0 saturated heterocycles. The molecule has 0 bridgehead atoms. The monoisotopic (exact) mass is 278 g/mol. The van der Waals surface area contributed by atoms with Crippen LogP contribution in [0.4, 0.5) is 5.82 Å². The summed E-state index contributed by atoms with van der Waals surface area (Å²) < 4.78 is 0. The molecule has 0 aliphatic carbocycles. The minimum absolute atomic E-state index is 0.0829.